The number of nitrogens with one attached hydrogen (secondary N) is 1. The van der Waals surface area contributed by atoms with Crippen molar-refractivity contribution in [2.75, 3.05) is 5.32 Å². The SMILES string of the molecule is N#CC(=Cc1cn(-c2ccccc2)nc1-c1cccc2ccccc12)C(=O)Nc1ccc2ccccc2c1. The number of hydrogen-bond acceptors (Lipinski definition) is 3. The lowest BCUT2D eigenvalue weighted by atomic mass is 9.99. The van der Waals surface area contributed by atoms with Crippen LogP contribution in [-0.4, -0.2) is 15.7 Å². The lowest BCUT2D eigenvalue weighted by Crippen LogP contribution is -2.13. The highest BCUT2D eigenvalue weighted by Crippen LogP contribution is 2.32. The molecule has 0 aliphatic heterocycles. The average molecular weight is 491 g/mol. The molecule has 0 radical (unpaired) electrons. The first kappa shape index (κ1) is 23.0. The zero-order valence-corrected chi connectivity index (χ0v) is 20.4. The van der Waals surface area contributed by atoms with Gasteiger partial charge in [-0.05, 0) is 51.9 Å². The minimum atomic E-state index is -0.473. The number of rotatable bonds is 5. The number of carbonyl (C=O) groups is 1. The maximum Gasteiger partial charge on any atom is 0.266 e. The van der Waals surface area contributed by atoms with Crippen molar-refractivity contribution in [3.63, 3.8) is 0 Å². The molecule has 5 heteroatoms. The summed E-state index contributed by atoms with van der Waals surface area (Å²) in [5.74, 6) is -0.473. The van der Waals surface area contributed by atoms with Crippen LogP contribution in [0.1, 0.15) is 5.56 Å². The molecule has 0 saturated heterocycles. The van der Waals surface area contributed by atoms with Crippen LogP contribution in [0.25, 0.3) is 44.6 Å². The van der Waals surface area contributed by atoms with Crippen molar-refractivity contribution < 1.29 is 4.79 Å². The average Bonchev–Trinajstić information content (AvgIpc) is 3.39. The highest BCUT2D eigenvalue weighted by molar-refractivity contribution is 6.11. The maximum atomic E-state index is 13.2. The standard InChI is InChI=1S/C33H22N4O/c34-21-26(33(38)35-28-18-17-23-9-4-5-11-25(23)20-28)19-27-22-37(29-13-2-1-3-14-29)36-32(27)31-16-8-12-24-10-6-7-15-30(24)31/h1-20,22H,(H,35,38). The van der Waals surface area contributed by atoms with Gasteiger partial charge in [0.15, 0.2) is 0 Å². The van der Waals surface area contributed by atoms with E-state index in [1.807, 2.05) is 103 Å². The van der Waals surface area contributed by atoms with Gasteiger partial charge >= 0.3 is 0 Å². The summed E-state index contributed by atoms with van der Waals surface area (Å²) >= 11 is 0. The molecule has 0 saturated carbocycles. The van der Waals surface area contributed by atoms with Crippen molar-refractivity contribution in [1.82, 2.24) is 9.78 Å². The van der Waals surface area contributed by atoms with Gasteiger partial charge in [0.2, 0.25) is 0 Å². The van der Waals surface area contributed by atoms with E-state index in [9.17, 15) is 10.1 Å². The predicted molar refractivity (Wildman–Crippen MR) is 153 cm³/mol. The van der Waals surface area contributed by atoms with Crippen molar-refractivity contribution in [3.05, 3.63) is 133 Å². The number of aromatic nitrogens is 2. The maximum absolute atomic E-state index is 13.2. The van der Waals surface area contributed by atoms with Crippen LogP contribution >= 0.6 is 0 Å². The van der Waals surface area contributed by atoms with Gasteiger partial charge in [-0.1, -0.05) is 91.0 Å². The number of nitrogens with zero attached hydrogens (tertiary/aromatic N) is 3. The molecule has 0 aliphatic rings. The predicted octanol–water partition coefficient (Wildman–Crippen LogP) is 7.39. The Kier molecular flexibility index (Phi) is 5.97. The summed E-state index contributed by atoms with van der Waals surface area (Å²) in [6.45, 7) is 0. The Balaban J connectivity index is 1.43. The molecular weight excluding hydrogens is 468 g/mol. The molecule has 1 aromatic heterocycles. The van der Waals surface area contributed by atoms with Gasteiger partial charge in [-0.25, -0.2) is 4.68 Å². The molecule has 6 aromatic rings. The molecule has 0 aliphatic carbocycles. The van der Waals surface area contributed by atoms with Gasteiger partial charge in [0.25, 0.3) is 5.91 Å². The van der Waals surface area contributed by atoms with Crippen LogP contribution < -0.4 is 5.32 Å². The Labute approximate surface area is 219 Å². The Hall–Kier alpha value is -5.47. The molecule has 0 fully saturated rings. The summed E-state index contributed by atoms with van der Waals surface area (Å²) in [6.07, 6.45) is 3.47. The van der Waals surface area contributed by atoms with E-state index in [1.165, 1.54) is 0 Å². The van der Waals surface area contributed by atoms with E-state index in [-0.39, 0.29) is 5.57 Å². The van der Waals surface area contributed by atoms with E-state index < -0.39 is 5.91 Å². The van der Waals surface area contributed by atoms with E-state index in [4.69, 9.17) is 5.10 Å². The number of fused-ring (bicyclic) bond motifs is 2. The topological polar surface area (TPSA) is 70.7 Å². The molecule has 5 aromatic carbocycles. The van der Waals surface area contributed by atoms with Crippen molar-refractivity contribution in [3.8, 4) is 23.0 Å². The third-order valence-corrected chi connectivity index (χ3v) is 6.48. The van der Waals surface area contributed by atoms with Crippen molar-refractivity contribution >= 4 is 39.2 Å². The lowest BCUT2D eigenvalue weighted by Gasteiger charge is -2.07. The Morgan fingerprint density at radius 1 is 0.789 bits per heavy atom. The summed E-state index contributed by atoms with van der Waals surface area (Å²) < 4.78 is 1.78. The second-order valence-corrected chi connectivity index (χ2v) is 8.93. The van der Waals surface area contributed by atoms with Crippen LogP contribution in [0.5, 0.6) is 0 Å². The first-order valence-electron chi connectivity index (χ1n) is 12.2. The Morgan fingerprint density at radius 2 is 1.50 bits per heavy atom. The Morgan fingerprint density at radius 3 is 2.32 bits per heavy atom. The second-order valence-electron chi connectivity index (χ2n) is 8.93. The molecule has 0 unspecified atom stereocenters. The minimum absolute atomic E-state index is 0.00717. The van der Waals surface area contributed by atoms with Crippen LogP contribution in [0.2, 0.25) is 0 Å². The van der Waals surface area contributed by atoms with Crippen molar-refractivity contribution in [1.29, 1.82) is 5.26 Å². The van der Waals surface area contributed by atoms with Crippen LogP contribution in [0.15, 0.2) is 127 Å². The van der Waals surface area contributed by atoms with Crippen molar-refractivity contribution in [2.45, 2.75) is 0 Å². The summed E-state index contributed by atoms with van der Waals surface area (Å²) in [7, 11) is 0. The number of nitriles is 1. The van der Waals surface area contributed by atoms with E-state index >= 15 is 0 Å². The van der Waals surface area contributed by atoms with E-state index in [0.717, 1.165) is 32.8 Å². The number of amides is 1. The first-order chi connectivity index (χ1) is 18.7. The van der Waals surface area contributed by atoms with Crippen LogP contribution in [-0.2, 0) is 4.79 Å². The normalized spacial score (nSPS) is 11.4. The quantitative estimate of drug-likeness (QED) is 0.202. The molecule has 1 N–H and O–H groups in total. The van der Waals surface area contributed by atoms with Crippen LogP contribution in [0.3, 0.4) is 0 Å². The monoisotopic (exact) mass is 490 g/mol. The molecule has 0 bridgehead atoms. The van der Waals surface area contributed by atoms with Crippen LogP contribution in [0, 0.1) is 11.3 Å². The van der Waals surface area contributed by atoms with E-state index in [1.54, 1.807) is 10.8 Å². The highest BCUT2D eigenvalue weighted by Gasteiger charge is 2.17. The number of anilines is 1. The smallest absolute Gasteiger partial charge is 0.266 e. The zero-order valence-electron chi connectivity index (χ0n) is 20.4. The summed E-state index contributed by atoms with van der Waals surface area (Å²) in [4.78, 5) is 13.2. The highest BCUT2D eigenvalue weighted by atomic mass is 16.1. The molecular formula is C33H22N4O. The summed E-state index contributed by atoms with van der Waals surface area (Å²) in [6, 6.07) is 39.6. The van der Waals surface area contributed by atoms with Gasteiger partial charge in [-0.2, -0.15) is 10.4 Å². The van der Waals surface area contributed by atoms with Gasteiger partial charge < -0.3 is 5.32 Å². The summed E-state index contributed by atoms with van der Waals surface area (Å²) in [5, 5.41) is 21.9. The zero-order chi connectivity index (χ0) is 25.9. The third kappa shape index (κ3) is 4.43. The molecule has 0 atom stereocenters. The molecule has 1 heterocycles. The molecule has 1 amide bonds. The molecule has 180 valence electrons. The fourth-order valence-corrected chi connectivity index (χ4v) is 4.62. The number of para-hydroxylation sites is 1. The van der Waals surface area contributed by atoms with Crippen LogP contribution in [0.4, 0.5) is 5.69 Å². The molecule has 5 nitrogen and oxygen atoms in total. The third-order valence-electron chi connectivity index (χ3n) is 6.48. The number of benzene rings is 5. The van der Waals surface area contributed by atoms with Gasteiger partial charge in [-0.3, -0.25) is 4.79 Å². The van der Waals surface area contributed by atoms with Crippen molar-refractivity contribution in [2.24, 2.45) is 0 Å². The lowest BCUT2D eigenvalue weighted by molar-refractivity contribution is -0.112. The van der Waals surface area contributed by atoms with E-state index in [2.05, 4.69) is 29.6 Å². The number of hydrogen-bond donors (Lipinski definition) is 1. The molecule has 38 heavy (non-hydrogen) atoms. The second kappa shape index (κ2) is 9.88. The van der Waals surface area contributed by atoms with Gasteiger partial charge in [0.05, 0.1) is 5.69 Å². The fourth-order valence-electron chi connectivity index (χ4n) is 4.62. The van der Waals surface area contributed by atoms with Gasteiger partial charge in [0, 0.05) is 23.0 Å². The molecule has 6 rings (SSSR count). The fraction of sp³-hybridized carbons (Fsp3) is 0. The van der Waals surface area contributed by atoms with Gasteiger partial charge in [-0.15, -0.1) is 0 Å². The largest absolute Gasteiger partial charge is 0.321 e. The van der Waals surface area contributed by atoms with E-state index in [0.29, 0.717) is 16.9 Å². The minimum Gasteiger partial charge on any atom is -0.321 e. The molecule has 0 spiro atoms. The van der Waals surface area contributed by atoms with Gasteiger partial charge in [0.1, 0.15) is 17.3 Å². The first-order valence-corrected chi connectivity index (χ1v) is 12.2. The Bertz CT molecular complexity index is 1870. The summed E-state index contributed by atoms with van der Waals surface area (Å²) in [5.41, 5.74) is 3.80. The number of carbonyl (C=O) groups excluding carboxylic acids is 1.